The van der Waals surface area contributed by atoms with Gasteiger partial charge in [0.2, 0.25) is 5.11 Å². The van der Waals surface area contributed by atoms with E-state index >= 15 is 0 Å². The predicted molar refractivity (Wildman–Crippen MR) is 90.3 cm³/mol. The van der Waals surface area contributed by atoms with Gasteiger partial charge in [-0.2, -0.15) is 10.2 Å². The van der Waals surface area contributed by atoms with Gasteiger partial charge in [0, 0.05) is 0 Å². The summed E-state index contributed by atoms with van der Waals surface area (Å²) in [7, 11) is 0. The van der Waals surface area contributed by atoms with Crippen molar-refractivity contribution in [3.05, 3.63) is 59.7 Å². The molecule has 0 aliphatic carbocycles. The average Bonchev–Trinajstić information content (AvgIpc) is 2.51. The molecule has 0 unspecified atom stereocenters. The third-order valence-electron chi connectivity index (χ3n) is 2.55. The molecule has 0 saturated heterocycles. The first kappa shape index (κ1) is 15.5. The molecule has 0 bridgehead atoms. The zero-order valence-electron chi connectivity index (χ0n) is 11.5. The third-order valence-corrected chi connectivity index (χ3v) is 2.73. The Labute approximate surface area is 132 Å². The van der Waals surface area contributed by atoms with Crippen LogP contribution in [-0.2, 0) is 0 Å². The van der Waals surface area contributed by atoms with E-state index in [1.54, 1.807) is 61.0 Å². The van der Waals surface area contributed by atoms with E-state index in [-0.39, 0.29) is 16.6 Å². The molecule has 0 heterocycles. The molecule has 0 aliphatic rings. The molecule has 4 N–H and O–H groups in total. The van der Waals surface area contributed by atoms with Crippen LogP contribution in [-0.4, -0.2) is 27.8 Å². The number of thiocarbonyl (C=S) groups is 1. The molecule has 0 amide bonds. The van der Waals surface area contributed by atoms with Crippen LogP contribution >= 0.6 is 12.2 Å². The lowest BCUT2D eigenvalue weighted by molar-refractivity contribution is 0.475. The van der Waals surface area contributed by atoms with Crippen molar-refractivity contribution in [3.8, 4) is 11.5 Å². The first-order valence-corrected chi connectivity index (χ1v) is 6.74. The topological polar surface area (TPSA) is 89.2 Å². The van der Waals surface area contributed by atoms with Crippen molar-refractivity contribution in [1.82, 2.24) is 10.9 Å². The fraction of sp³-hybridized carbons (Fsp3) is 0. The highest BCUT2D eigenvalue weighted by Gasteiger charge is 1.92. The normalized spacial score (nSPS) is 10.9. The van der Waals surface area contributed by atoms with E-state index in [1.165, 1.54) is 0 Å². The molecule has 0 aliphatic heterocycles. The van der Waals surface area contributed by atoms with Crippen molar-refractivity contribution >= 4 is 29.8 Å². The van der Waals surface area contributed by atoms with E-state index < -0.39 is 0 Å². The van der Waals surface area contributed by atoms with Crippen LogP contribution < -0.4 is 10.9 Å². The smallest absolute Gasteiger partial charge is 0.207 e. The standard InChI is InChI=1S/C15H14N4O2S/c20-13-5-1-11(2-6-13)9-16-18-15(22)19-17-10-12-3-7-14(21)8-4-12/h1-10,20-21H,(H2,18,19,22)/b16-9+,17-10+. The Bertz CT molecular complexity index is 622. The molecule has 6 nitrogen and oxygen atoms in total. The number of phenolic OH excluding ortho intramolecular Hbond substituents is 2. The maximum Gasteiger partial charge on any atom is 0.207 e. The average molecular weight is 314 g/mol. The molecular formula is C15H14N4O2S. The van der Waals surface area contributed by atoms with Crippen LogP contribution in [0.4, 0.5) is 0 Å². The van der Waals surface area contributed by atoms with Crippen molar-refractivity contribution in [2.24, 2.45) is 10.2 Å². The summed E-state index contributed by atoms with van der Waals surface area (Å²) >= 11 is 5.00. The number of benzene rings is 2. The van der Waals surface area contributed by atoms with Gasteiger partial charge in [0.25, 0.3) is 0 Å². The molecule has 2 rings (SSSR count). The highest BCUT2D eigenvalue weighted by molar-refractivity contribution is 7.80. The second-order valence-corrected chi connectivity index (χ2v) is 4.66. The summed E-state index contributed by atoms with van der Waals surface area (Å²) in [6.07, 6.45) is 3.13. The van der Waals surface area contributed by atoms with Gasteiger partial charge in [-0.05, 0) is 71.9 Å². The summed E-state index contributed by atoms with van der Waals surface area (Å²) in [5.74, 6) is 0.400. The molecule has 0 radical (unpaired) electrons. The van der Waals surface area contributed by atoms with E-state index in [4.69, 9.17) is 22.4 Å². The highest BCUT2D eigenvalue weighted by atomic mass is 32.1. The summed E-state index contributed by atoms with van der Waals surface area (Å²) in [6.45, 7) is 0. The zero-order valence-corrected chi connectivity index (χ0v) is 12.3. The van der Waals surface area contributed by atoms with E-state index in [0.717, 1.165) is 11.1 Å². The third kappa shape index (κ3) is 5.22. The molecule has 0 fully saturated rings. The monoisotopic (exact) mass is 314 g/mol. The van der Waals surface area contributed by atoms with Crippen LogP contribution in [0, 0.1) is 0 Å². The molecule has 112 valence electrons. The van der Waals surface area contributed by atoms with E-state index in [1.807, 2.05) is 0 Å². The van der Waals surface area contributed by atoms with Crippen LogP contribution in [0.3, 0.4) is 0 Å². The van der Waals surface area contributed by atoms with Gasteiger partial charge < -0.3 is 10.2 Å². The number of nitrogens with zero attached hydrogens (tertiary/aromatic N) is 2. The van der Waals surface area contributed by atoms with Gasteiger partial charge in [-0.3, -0.25) is 10.9 Å². The first-order valence-electron chi connectivity index (χ1n) is 6.34. The molecule has 7 heteroatoms. The lowest BCUT2D eigenvalue weighted by Crippen LogP contribution is -2.28. The number of hydrazone groups is 2. The van der Waals surface area contributed by atoms with Gasteiger partial charge in [0.15, 0.2) is 0 Å². The van der Waals surface area contributed by atoms with Crippen molar-refractivity contribution < 1.29 is 10.2 Å². The second-order valence-electron chi connectivity index (χ2n) is 4.25. The van der Waals surface area contributed by atoms with Gasteiger partial charge in [0.1, 0.15) is 11.5 Å². The summed E-state index contributed by atoms with van der Waals surface area (Å²) in [5.41, 5.74) is 6.87. The SMILES string of the molecule is Oc1ccc(/C=N/NC(=S)N/N=C/c2ccc(O)cc2)cc1. The largest absolute Gasteiger partial charge is 0.508 e. The molecule has 2 aromatic carbocycles. The van der Waals surface area contributed by atoms with Gasteiger partial charge >= 0.3 is 0 Å². The van der Waals surface area contributed by atoms with Gasteiger partial charge in [-0.15, -0.1) is 0 Å². The van der Waals surface area contributed by atoms with Gasteiger partial charge in [-0.1, -0.05) is 0 Å². The van der Waals surface area contributed by atoms with Crippen molar-refractivity contribution in [2.45, 2.75) is 0 Å². The second kappa shape index (κ2) is 7.75. The lowest BCUT2D eigenvalue weighted by atomic mass is 10.2. The maximum atomic E-state index is 9.16. The van der Waals surface area contributed by atoms with E-state index in [9.17, 15) is 0 Å². The Morgan fingerprint density at radius 2 is 1.14 bits per heavy atom. The van der Waals surface area contributed by atoms with Crippen LogP contribution in [0.1, 0.15) is 11.1 Å². The van der Waals surface area contributed by atoms with Gasteiger partial charge in [-0.25, -0.2) is 0 Å². The number of hydrogen-bond donors (Lipinski definition) is 4. The Morgan fingerprint density at radius 1 is 0.773 bits per heavy atom. The Kier molecular flexibility index (Phi) is 5.44. The molecule has 2 aromatic rings. The molecular weight excluding hydrogens is 300 g/mol. The molecule has 0 atom stereocenters. The number of nitrogens with one attached hydrogen (secondary N) is 2. The highest BCUT2D eigenvalue weighted by Crippen LogP contribution is 2.08. The predicted octanol–water partition coefficient (Wildman–Crippen LogP) is 1.93. The van der Waals surface area contributed by atoms with Crippen molar-refractivity contribution in [2.75, 3.05) is 0 Å². The summed E-state index contributed by atoms with van der Waals surface area (Å²) in [6, 6.07) is 13.2. The Hall–Kier alpha value is -2.93. The van der Waals surface area contributed by atoms with E-state index in [2.05, 4.69) is 21.1 Å². The molecule has 0 spiro atoms. The minimum absolute atomic E-state index is 0.200. The molecule has 22 heavy (non-hydrogen) atoms. The van der Waals surface area contributed by atoms with Crippen LogP contribution in [0.25, 0.3) is 0 Å². The lowest BCUT2D eigenvalue weighted by Gasteiger charge is -2.01. The quantitative estimate of drug-likeness (QED) is 0.393. The number of rotatable bonds is 4. The minimum Gasteiger partial charge on any atom is -0.508 e. The number of phenols is 2. The van der Waals surface area contributed by atoms with Gasteiger partial charge in [0.05, 0.1) is 12.4 Å². The van der Waals surface area contributed by atoms with E-state index in [0.29, 0.717) is 0 Å². The van der Waals surface area contributed by atoms with Crippen molar-refractivity contribution in [1.29, 1.82) is 0 Å². The summed E-state index contributed by atoms with van der Waals surface area (Å²) in [4.78, 5) is 0. The maximum absolute atomic E-state index is 9.16. The Morgan fingerprint density at radius 3 is 1.50 bits per heavy atom. The van der Waals surface area contributed by atoms with Crippen LogP contribution in [0.2, 0.25) is 0 Å². The number of hydrogen-bond acceptors (Lipinski definition) is 5. The van der Waals surface area contributed by atoms with Crippen molar-refractivity contribution in [3.63, 3.8) is 0 Å². The fourth-order valence-electron chi connectivity index (χ4n) is 1.48. The first-order chi connectivity index (χ1) is 10.6. The van der Waals surface area contributed by atoms with Crippen LogP contribution in [0.15, 0.2) is 58.7 Å². The summed E-state index contributed by atoms with van der Waals surface area (Å²) < 4.78 is 0. The number of aromatic hydroxyl groups is 2. The molecule has 0 saturated carbocycles. The Balaban J connectivity index is 1.78. The fourth-order valence-corrected chi connectivity index (χ4v) is 1.58. The summed E-state index contributed by atoms with van der Waals surface area (Å²) in [5, 5.41) is 26.4. The minimum atomic E-state index is 0.200. The zero-order chi connectivity index (χ0) is 15.8. The van der Waals surface area contributed by atoms with Crippen LogP contribution in [0.5, 0.6) is 11.5 Å². The molecule has 0 aromatic heterocycles.